The van der Waals surface area contributed by atoms with Crippen molar-refractivity contribution in [3.63, 3.8) is 0 Å². The first-order valence-corrected chi connectivity index (χ1v) is 21.6. The zero-order chi connectivity index (χ0) is 32.6. The molecule has 2 amide bonds. The number of ketones is 1. The lowest BCUT2D eigenvalue weighted by Crippen LogP contribution is -2.49. The monoisotopic (exact) mass is 630 g/mol. The van der Waals surface area contributed by atoms with Crippen molar-refractivity contribution < 1.29 is 37.0 Å². The van der Waals surface area contributed by atoms with Gasteiger partial charge in [0, 0.05) is 32.0 Å². The Balaban J connectivity index is 4.18. The molecule has 0 aromatic heterocycles. The lowest BCUT2D eigenvalue weighted by molar-refractivity contribution is -0.882. The zero-order valence-corrected chi connectivity index (χ0v) is 30.5. The van der Waals surface area contributed by atoms with Crippen molar-refractivity contribution in [1.82, 2.24) is 10.6 Å². The minimum Gasteiger partial charge on any atom is -0.462 e. The number of likely N-dealkylation sites (N-methyl/N-ethyl adjacent to an activating group) is 2. The predicted octanol–water partition coefficient (Wildman–Crippen LogP) is 3.46. The van der Waals surface area contributed by atoms with Crippen molar-refractivity contribution in [2.75, 3.05) is 74.1 Å². The summed E-state index contributed by atoms with van der Waals surface area (Å²) in [6.45, 7) is 19.3. The summed E-state index contributed by atoms with van der Waals surface area (Å²) in [5, 5.41) is 6.04. The van der Waals surface area contributed by atoms with Crippen LogP contribution in [0.3, 0.4) is 0 Å². The van der Waals surface area contributed by atoms with E-state index < -0.39 is 16.6 Å². The Morgan fingerprint density at radius 1 is 0.690 bits per heavy atom. The molecule has 0 aromatic carbocycles. The standard InChI is InChI=1S/C30H60N4O6Si2/c1-26(2)30(38)39-20-16-19-33(4,5)24-28(36)31-17-12-14-21-41(8,9)40-42(10,11)22-15-13-18-32-29(37)25-34(6,7)23-27(3)35/h1,12-25H2,2-11H3/p+2. The molecule has 0 aliphatic carbocycles. The van der Waals surface area contributed by atoms with E-state index in [1.807, 2.05) is 28.2 Å². The van der Waals surface area contributed by atoms with Crippen molar-refractivity contribution >= 4 is 40.2 Å². The van der Waals surface area contributed by atoms with Gasteiger partial charge in [-0.25, -0.2) is 4.79 Å². The topological polar surface area (TPSA) is 111 Å². The van der Waals surface area contributed by atoms with Crippen molar-refractivity contribution in [2.45, 2.75) is 84.2 Å². The largest absolute Gasteiger partial charge is 0.462 e. The molecule has 0 saturated heterocycles. The molecule has 0 atom stereocenters. The molecular formula is C30H62N4O6Si2+2. The smallest absolute Gasteiger partial charge is 0.333 e. The summed E-state index contributed by atoms with van der Waals surface area (Å²) < 4.78 is 12.8. The summed E-state index contributed by atoms with van der Waals surface area (Å²) in [5.41, 5.74) is 0.393. The van der Waals surface area contributed by atoms with E-state index in [-0.39, 0.29) is 23.6 Å². The normalized spacial score (nSPS) is 12.5. The SMILES string of the molecule is C=C(C)C(=O)OCCC[N+](C)(C)CC(=O)NCCCC[Si](C)(C)O[Si](C)(C)CCCCNC(=O)C[N+](C)(C)CC(C)=O. The van der Waals surface area contributed by atoms with Gasteiger partial charge in [0.25, 0.3) is 11.8 Å². The number of nitrogens with zero attached hydrogens (tertiary/aromatic N) is 2. The number of unbranched alkanes of at least 4 members (excludes halogenated alkanes) is 2. The third-order valence-corrected chi connectivity index (χ3v) is 14.4. The number of esters is 1. The Hall–Kier alpha value is -1.87. The van der Waals surface area contributed by atoms with Gasteiger partial charge in [0.1, 0.15) is 6.54 Å². The molecule has 244 valence electrons. The molecule has 0 unspecified atom stereocenters. The number of Topliss-reactive ketones (excluding diaryl/α,β-unsaturated/α-hetero) is 1. The fourth-order valence-corrected chi connectivity index (χ4v) is 14.1. The van der Waals surface area contributed by atoms with Gasteiger partial charge in [0.15, 0.2) is 35.5 Å². The van der Waals surface area contributed by atoms with Crippen LogP contribution in [-0.2, 0) is 28.0 Å². The average molecular weight is 631 g/mol. The maximum atomic E-state index is 12.4. The zero-order valence-electron chi connectivity index (χ0n) is 28.5. The fraction of sp³-hybridized carbons (Fsp3) is 0.800. The highest BCUT2D eigenvalue weighted by Crippen LogP contribution is 2.24. The molecule has 0 aliphatic rings. The van der Waals surface area contributed by atoms with Gasteiger partial charge in [-0.15, -0.1) is 0 Å². The molecule has 42 heavy (non-hydrogen) atoms. The highest BCUT2D eigenvalue weighted by molar-refractivity contribution is 6.84. The van der Waals surface area contributed by atoms with E-state index in [9.17, 15) is 19.2 Å². The van der Waals surface area contributed by atoms with Gasteiger partial charge in [0.2, 0.25) is 0 Å². The fourth-order valence-electron chi connectivity index (χ4n) is 5.06. The van der Waals surface area contributed by atoms with Gasteiger partial charge in [-0.2, -0.15) is 0 Å². The van der Waals surface area contributed by atoms with Crippen molar-refractivity contribution in [3.8, 4) is 0 Å². The van der Waals surface area contributed by atoms with Crippen LogP contribution in [0.5, 0.6) is 0 Å². The molecule has 2 N–H and O–H groups in total. The Labute approximate surface area is 258 Å². The van der Waals surface area contributed by atoms with E-state index in [2.05, 4.69) is 43.4 Å². The molecule has 0 spiro atoms. The molecule has 0 aliphatic heterocycles. The molecule has 0 aromatic rings. The van der Waals surface area contributed by atoms with Gasteiger partial charge in [-0.3, -0.25) is 14.4 Å². The quantitative estimate of drug-likeness (QED) is 0.0589. The maximum absolute atomic E-state index is 12.4. The van der Waals surface area contributed by atoms with E-state index >= 15 is 0 Å². The number of hydrogen-bond donors (Lipinski definition) is 2. The molecular weight excluding hydrogens is 569 g/mol. The number of quaternary nitrogens is 2. The highest BCUT2D eigenvalue weighted by Gasteiger charge is 2.32. The van der Waals surface area contributed by atoms with Gasteiger partial charge < -0.3 is 28.5 Å². The first kappa shape index (κ1) is 40.1. The van der Waals surface area contributed by atoms with Crippen LogP contribution in [0.1, 0.15) is 46.0 Å². The lowest BCUT2D eigenvalue weighted by Gasteiger charge is -2.34. The molecule has 0 saturated carbocycles. The number of ether oxygens (including phenoxy) is 1. The number of carbonyl (C=O) groups is 4. The second-order valence-electron chi connectivity index (χ2n) is 14.3. The van der Waals surface area contributed by atoms with E-state index in [1.165, 1.54) is 0 Å². The first-order chi connectivity index (χ1) is 19.2. The van der Waals surface area contributed by atoms with E-state index in [1.54, 1.807) is 13.8 Å². The van der Waals surface area contributed by atoms with Gasteiger partial charge in [0.05, 0.1) is 41.3 Å². The maximum Gasteiger partial charge on any atom is 0.333 e. The minimum atomic E-state index is -1.81. The second-order valence-corrected chi connectivity index (χ2v) is 23.1. The molecule has 10 nitrogen and oxygen atoms in total. The van der Waals surface area contributed by atoms with E-state index in [0.29, 0.717) is 60.3 Å². The minimum absolute atomic E-state index is 0.0136. The highest BCUT2D eigenvalue weighted by atomic mass is 28.4. The number of rotatable bonds is 23. The number of carbonyl (C=O) groups excluding carboxylic acids is 4. The van der Waals surface area contributed by atoms with Crippen molar-refractivity contribution in [1.29, 1.82) is 0 Å². The average Bonchev–Trinajstić information content (AvgIpc) is 2.78. The Morgan fingerprint density at radius 3 is 1.57 bits per heavy atom. The predicted molar refractivity (Wildman–Crippen MR) is 175 cm³/mol. The lowest BCUT2D eigenvalue weighted by atomic mass is 10.3. The summed E-state index contributed by atoms with van der Waals surface area (Å²) >= 11 is 0. The van der Waals surface area contributed by atoms with E-state index in [4.69, 9.17) is 8.85 Å². The van der Waals surface area contributed by atoms with Crippen LogP contribution in [0, 0.1) is 0 Å². The van der Waals surface area contributed by atoms with Crippen LogP contribution in [0.15, 0.2) is 12.2 Å². The molecule has 0 radical (unpaired) electrons. The van der Waals surface area contributed by atoms with Crippen LogP contribution in [-0.4, -0.2) is 123 Å². The van der Waals surface area contributed by atoms with Crippen LogP contribution in [0.4, 0.5) is 0 Å². The Kier molecular flexibility index (Phi) is 17.9. The summed E-state index contributed by atoms with van der Waals surface area (Å²) in [5.74, 6) is -0.265. The van der Waals surface area contributed by atoms with Gasteiger partial charge in [-0.1, -0.05) is 19.4 Å². The number of hydrogen-bond acceptors (Lipinski definition) is 6. The van der Waals surface area contributed by atoms with E-state index in [0.717, 1.165) is 44.3 Å². The van der Waals surface area contributed by atoms with Crippen LogP contribution in [0.2, 0.25) is 38.3 Å². The third kappa shape index (κ3) is 21.8. The van der Waals surface area contributed by atoms with Crippen molar-refractivity contribution in [2.24, 2.45) is 0 Å². The molecule has 0 fully saturated rings. The van der Waals surface area contributed by atoms with Crippen LogP contribution < -0.4 is 10.6 Å². The summed E-state index contributed by atoms with van der Waals surface area (Å²) in [6, 6.07) is 2.12. The molecule has 0 bridgehead atoms. The number of nitrogens with one attached hydrogen (secondary N) is 2. The van der Waals surface area contributed by atoms with Crippen LogP contribution in [0.25, 0.3) is 0 Å². The van der Waals surface area contributed by atoms with Crippen molar-refractivity contribution in [3.05, 3.63) is 12.2 Å². The third-order valence-electron chi connectivity index (χ3n) is 6.89. The van der Waals surface area contributed by atoms with Gasteiger partial charge in [-0.05, 0) is 58.0 Å². The molecule has 0 heterocycles. The Bertz CT molecular complexity index is 906. The summed E-state index contributed by atoms with van der Waals surface area (Å²) in [6.07, 6.45) is 4.60. The van der Waals surface area contributed by atoms with Gasteiger partial charge >= 0.3 is 5.97 Å². The molecule has 12 heteroatoms. The number of amides is 2. The first-order valence-electron chi connectivity index (χ1n) is 15.3. The second kappa shape index (κ2) is 18.7. The Morgan fingerprint density at radius 2 is 1.14 bits per heavy atom. The molecule has 0 rings (SSSR count). The summed E-state index contributed by atoms with van der Waals surface area (Å²) in [7, 11) is 4.19. The van der Waals surface area contributed by atoms with Crippen LogP contribution >= 0.6 is 0 Å². The summed E-state index contributed by atoms with van der Waals surface area (Å²) in [4.78, 5) is 47.5.